The third-order valence-corrected chi connectivity index (χ3v) is 14.3. The fraction of sp³-hybridized carbons (Fsp3) is 0.0435. The maximum Gasteiger partial charge on any atom is 0.0561 e. The van der Waals surface area contributed by atoms with Gasteiger partial charge in [-0.05, 0) is 127 Å². The highest BCUT2D eigenvalue weighted by Crippen LogP contribution is 2.53. The number of fused-ring (bicyclic) bond motifs is 3. The zero-order chi connectivity index (χ0) is 47.7. The van der Waals surface area contributed by atoms with Gasteiger partial charge in [-0.25, -0.2) is 0 Å². The predicted molar refractivity (Wildman–Crippen MR) is 301 cm³/mol. The van der Waals surface area contributed by atoms with E-state index in [0.29, 0.717) is 0 Å². The molecule has 11 aromatic rings. The number of benzene rings is 11. The Morgan fingerprint density at radius 2 is 0.535 bits per heavy atom. The van der Waals surface area contributed by atoms with Crippen molar-refractivity contribution in [2.24, 2.45) is 0 Å². The molecule has 0 bridgehead atoms. The van der Waals surface area contributed by atoms with Gasteiger partial charge in [-0.3, -0.25) is 0 Å². The summed E-state index contributed by atoms with van der Waals surface area (Å²) in [6.07, 6.45) is 0. The van der Waals surface area contributed by atoms with Crippen LogP contribution >= 0.6 is 0 Å². The Kier molecular flexibility index (Phi) is 11.3. The van der Waals surface area contributed by atoms with Crippen LogP contribution in [0.4, 0.5) is 34.1 Å². The van der Waals surface area contributed by atoms with Gasteiger partial charge in [0.1, 0.15) is 0 Å². The first-order valence-corrected chi connectivity index (χ1v) is 24.6. The van der Waals surface area contributed by atoms with Crippen molar-refractivity contribution >= 4 is 34.1 Å². The Balaban J connectivity index is 1.13. The SMILES string of the molecule is CC1(C)c2ccccc2-c2ccc(N(c3ccc(-c4ccccc4)cc3)c3cc(N(c4ccc(-c5ccccc5)cc4)c4ccc(-c5ccccc5)cc4)c(-c4ccccc4)cc3-c3ccccc3)cc21. The minimum Gasteiger partial charge on any atom is -0.310 e. The lowest BCUT2D eigenvalue weighted by Gasteiger charge is -2.34. The maximum atomic E-state index is 2.49. The molecule has 0 saturated carbocycles. The second-order valence-electron chi connectivity index (χ2n) is 18.9. The summed E-state index contributed by atoms with van der Waals surface area (Å²) in [5.41, 5.74) is 23.1. The van der Waals surface area contributed by atoms with Gasteiger partial charge in [0.25, 0.3) is 0 Å². The van der Waals surface area contributed by atoms with Crippen molar-refractivity contribution in [3.05, 3.63) is 290 Å². The predicted octanol–water partition coefficient (Wildman–Crippen LogP) is 19.3. The van der Waals surface area contributed by atoms with E-state index in [4.69, 9.17) is 0 Å². The zero-order valence-electron chi connectivity index (χ0n) is 40.0. The standard InChI is InChI=1S/C69H52N2/c1-69(2)65-31-19-18-30-61(65)62-45-44-60(46-66(62)69)71(59-42-36-54(37-43-59)51-24-12-5-13-25-51)68-48-67(63(55-26-14-6-15-27-55)47-64(68)56-28-16-7-17-29-56)70(57-38-32-52(33-39-57)49-20-8-3-9-21-49)58-40-34-53(35-41-58)50-22-10-4-11-23-50/h3-48H,1-2H3. The Morgan fingerprint density at radius 1 is 0.225 bits per heavy atom. The van der Waals surface area contributed by atoms with E-state index in [1.807, 2.05) is 0 Å². The molecule has 1 aliphatic carbocycles. The second-order valence-corrected chi connectivity index (χ2v) is 18.9. The fourth-order valence-electron chi connectivity index (χ4n) is 10.6. The van der Waals surface area contributed by atoms with Crippen LogP contribution in [0.15, 0.2) is 279 Å². The van der Waals surface area contributed by atoms with Crippen LogP contribution in [0.2, 0.25) is 0 Å². The van der Waals surface area contributed by atoms with E-state index >= 15 is 0 Å². The van der Waals surface area contributed by atoms with E-state index in [9.17, 15) is 0 Å². The van der Waals surface area contributed by atoms with Gasteiger partial charge in [0.15, 0.2) is 0 Å². The minimum atomic E-state index is -0.190. The number of nitrogens with zero attached hydrogens (tertiary/aromatic N) is 2. The van der Waals surface area contributed by atoms with Crippen molar-refractivity contribution < 1.29 is 0 Å². The van der Waals surface area contributed by atoms with Gasteiger partial charge in [0, 0.05) is 39.3 Å². The van der Waals surface area contributed by atoms with Gasteiger partial charge >= 0.3 is 0 Å². The highest BCUT2D eigenvalue weighted by atomic mass is 15.2. The Bertz CT molecular complexity index is 3520. The quantitative estimate of drug-likeness (QED) is 0.128. The molecule has 338 valence electrons. The first-order chi connectivity index (χ1) is 35.0. The van der Waals surface area contributed by atoms with Crippen LogP contribution in [0.3, 0.4) is 0 Å². The molecule has 0 aromatic heterocycles. The van der Waals surface area contributed by atoms with Gasteiger partial charge in [-0.1, -0.05) is 232 Å². The lowest BCUT2D eigenvalue weighted by atomic mass is 9.82. The first-order valence-electron chi connectivity index (χ1n) is 24.6. The molecule has 0 amide bonds. The summed E-state index contributed by atoms with van der Waals surface area (Å²) in [6, 6.07) is 102. The molecule has 2 heteroatoms. The summed E-state index contributed by atoms with van der Waals surface area (Å²) in [6.45, 7) is 4.74. The average Bonchev–Trinajstić information content (AvgIpc) is 3.67. The first kappa shape index (κ1) is 43.3. The zero-order valence-corrected chi connectivity index (χ0v) is 40.0. The molecule has 0 aliphatic heterocycles. The van der Waals surface area contributed by atoms with E-state index < -0.39 is 0 Å². The molecule has 0 saturated heterocycles. The number of hydrogen-bond donors (Lipinski definition) is 0. The average molecular weight is 909 g/mol. The molecule has 0 spiro atoms. The molecule has 11 aromatic carbocycles. The van der Waals surface area contributed by atoms with E-state index in [0.717, 1.165) is 56.4 Å². The van der Waals surface area contributed by atoms with Crippen molar-refractivity contribution in [3.8, 4) is 66.8 Å². The molecule has 0 N–H and O–H groups in total. The molecule has 0 fully saturated rings. The molecular formula is C69H52N2. The Labute approximate surface area is 418 Å². The molecule has 0 unspecified atom stereocenters. The Morgan fingerprint density at radius 3 is 0.944 bits per heavy atom. The van der Waals surface area contributed by atoms with Crippen LogP contribution in [0, 0.1) is 0 Å². The summed E-state index contributed by atoms with van der Waals surface area (Å²) in [7, 11) is 0. The van der Waals surface area contributed by atoms with Gasteiger partial charge in [-0.15, -0.1) is 0 Å². The molecule has 2 nitrogen and oxygen atoms in total. The van der Waals surface area contributed by atoms with Gasteiger partial charge in [-0.2, -0.15) is 0 Å². The molecule has 1 aliphatic rings. The van der Waals surface area contributed by atoms with Gasteiger partial charge in [0.2, 0.25) is 0 Å². The van der Waals surface area contributed by atoms with Crippen molar-refractivity contribution in [3.63, 3.8) is 0 Å². The third-order valence-electron chi connectivity index (χ3n) is 14.3. The van der Waals surface area contributed by atoms with Gasteiger partial charge in [0.05, 0.1) is 11.4 Å². The lowest BCUT2D eigenvalue weighted by molar-refractivity contribution is 0.660. The van der Waals surface area contributed by atoms with Crippen LogP contribution in [-0.4, -0.2) is 0 Å². The monoisotopic (exact) mass is 908 g/mol. The lowest BCUT2D eigenvalue weighted by Crippen LogP contribution is -2.17. The highest BCUT2D eigenvalue weighted by Gasteiger charge is 2.36. The topological polar surface area (TPSA) is 6.48 Å². The van der Waals surface area contributed by atoms with Crippen LogP contribution in [-0.2, 0) is 5.41 Å². The summed E-state index contributed by atoms with van der Waals surface area (Å²) in [5, 5.41) is 0. The minimum absolute atomic E-state index is 0.190. The number of rotatable bonds is 11. The second kappa shape index (κ2) is 18.5. The summed E-state index contributed by atoms with van der Waals surface area (Å²) in [5.74, 6) is 0. The van der Waals surface area contributed by atoms with Crippen molar-refractivity contribution in [2.75, 3.05) is 9.80 Å². The summed E-state index contributed by atoms with van der Waals surface area (Å²) in [4.78, 5) is 4.94. The molecule has 0 heterocycles. The maximum absolute atomic E-state index is 2.49. The molecule has 12 rings (SSSR count). The highest BCUT2D eigenvalue weighted by molar-refractivity contribution is 5.99. The van der Waals surface area contributed by atoms with Crippen LogP contribution < -0.4 is 9.80 Å². The van der Waals surface area contributed by atoms with E-state index in [1.54, 1.807) is 0 Å². The van der Waals surface area contributed by atoms with Crippen LogP contribution in [0.1, 0.15) is 25.0 Å². The molecule has 0 atom stereocenters. The van der Waals surface area contributed by atoms with E-state index in [1.165, 1.54) is 55.6 Å². The van der Waals surface area contributed by atoms with Crippen molar-refractivity contribution in [1.29, 1.82) is 0 Å². The summed E-state index contributed by atoms with van der Waals surface area (Å²) < 4.78 is 0. The largest absolute Gasteiger partial charge is 0.310 e. The third kappa shape index (κ3) is 8.20. The molecular weight excluding hydrogens is 857 g/mol. The Hall–Kier alpha value is -8.98. The van der Waals surface area contributed by atoms with Crippen LogP contribution in [0.5, 0.6) is 0 Å². The number of anilines is 6. The van der Waals surface area contributed by atoms with Crippen molar-refractivity contribution in [2.45, 2.75) is 19.3 Å². The van der Waals surface area contributed by atoms with E-state index in [-0.39, 0.29) is 5.41 Å². The fourth-order valence-corrected chi connectivity index (χ4v) is 10.6. The molecule has 71 heavy (non-hydrogen) atoms. The van der Waals surface area contributed by atoms with Crippen molar-refractivity contribution in [1.82, 2.24) is 0 Å². The van der Waals surface area contributed by atoms with Gasteiger partial charge < -0.3 is 9.80 Å². The van der Waals surface area contributed by atoms with E-state index in [2.05, 4.69) is 303 Å². The smallest absolute Gasteiger partial charge is 0.0561 e. The summed E-state index contributed by atoms with van der Waals surface area (Å²) >= 11 is 0. The van der Waals surface area contributed by atoms with Crippen LogP contribution in [0.25, 0.3) is 66.8 Å². The normalized spacial score (nSPS) is 12.2. The molecule has 0 radical (unpaired) electrons. The number of hydrogen-bond acceptors (Lipinski definition) is 2.